The fraction of sp³-hybridized carbons (Fsp3) is 0.551. The van der Waals surface area contributed by atoms with Gasteiger partial charge in [-0.1, -0.05) is 203 Å². The number of halogens is 4. The summed E-state index contributed by atoms with van der Waals surface area (Å²) < 4.78 is 8.34. The number of anilines is 4. The van der Waals surface area contributed by atoms with Crippen LogP contribution in [0.5, 0.6) is 5.75 Å². The van der Waals surface area contributed by atoms with Gasteiger partial charge in [-0.3, -0.25) is 0 Å². The normalized spacial score (nSPS) is 16.6. The van der Waals surface area contributed by atoms with Gasteiger partial charge < -0.3 is 19.6 Å². The zero-order valence-electron chi connectivity index (χ0n) is 65.3. The van der Waals surface area contributed by atoms with Gasteiger partial charge >= 0.3 is 171 Å². The molecule has 0 spiro atoms. The Morgan fingerprint density at radius 1 is 0.337 bits per heavy atom. The van der Waals surface area contributed by atoms with Crippen LogP contribution < -0.4 is 19.6 Å². The van der Waals surface area contributed by atoms with Crippen LogP contribution in [-0.2, 0) is 27.0 Å². The molecule has 0 amide bonds. The van der Waals surface area contributed by atoms with Crippen LogP contribution in [0, 0.1) is 13.3 Å². The van der Waals surface area contributed by atoms with Crippen molar-refractivity contribution in [1.82, 2.24) is 0 Å². The molecule has 2 heterocycles. The third-order valence-electron chi connectivity index (χ3n) is 21.0. The van der Waals surface area contributed by atoms with Crippen LogP contribution in [0.4, 0.5) is 22.7 Å². The first-order valence-corrected chi connectivity index (χ1v) is 51.6. The van der Waals surface area contributed by atoms with Gasteiger partial charge in [0.1, 0.15) is 0 Å². The van der Waals surface area contributed by atoms with E-state index in [9.17, 15) is 0 Å². The Hall–Kier alpha value is -3.10. The quantitative estimate of drug-likeness (QED) is 0.0349. The molecule has 3 saturated carbocycles. The van der Waals surface area contributed by atoms with Gasteiger partial charge in [-0.05, 0) is 169 Å². The van der Waals surface area contributed by atoms with Crippen molar-refractivity contribution >= 4 is 78.7 Å². The fourth-order valence-electron chi connectivity index (χ4n) is 16.0. The number of hydrogen-bond donors (Lipinski definition) is 0. The first-order chi connectivity index (χ1) is 48.3. The van der Waals surface area contributed by atoms with Crippen molar-refractivity contribution in [3.8, 4) is 5.75 Å². The van der Waals surface area contributed by atoms with E-state index in [1.165, 1.54) is 84.2 Å². The Kier molecular flexibility index (Phi) is 36.3. The minimum atomic E-state index is -1.75. The second kappa shape index (κ2) is 43.0. The summed E-state index contributed by atoms with van der Waals surface area (Å²) in [5.41, 5.74) is 23.2. The number of ether oxygens (including phenoxy) is 1. The molecule has 0 radical (unpaired) electrons. The Labute approximate surface area is 644 Å². The Morgan fingerprint density at radius 3 is 0.842 bits per heavy atom. The van der Waals surface area contributed by atoms with E-state index >= 15 is 0 Å². The van der Waals surface area contributed by atoms with Crippen molar-refractivity contribution < 1.29 is 31.8 Å². The average Bonchev–Trinajstić information content (AvgIpc) is 1.67. The Morgan fingerprint density at radius 2 is 0.594 bits per heavy atom. The molecule has 1 N–H and O–H groups in total. The van der Waals surface area contributed by atoms with E-state index in [0.717, 1.165) is 43.1 Å². The van der Waals surface area contributed by atoms with Crippen LogP contribution in [0.25, 0.3) is 0 Å². The molecule has 5 fully saturated rings. The third-order valence-corrected chi connectivity index (χ3v) is 29.2. The molecule has 11 rings (SSSR count). The van der Waals surface area contributed by atoms with Crippen molar-refractivity contribution in [3.05, 3.63) is 196 Å². The zero-order chi connectivity index (χ0) is 73.4. The Bertz CT molecular complexity index is 3060. The number of benzene rings is 6. The van der Waals surface area contributed by atoms with E-state index in [-0.39, 0.29) is 14.0 Å². The number of aromatic hydroxyl groups is 1. The number of aliphatic hydroxyl groups is 1. The van der Waals surface area contributed by atoms with Crippen LogP contribution in [0.1, 0.15) is 324 Å². The molecule has 101 heavy (non-hydrogen) atoms. The third kappa shape index (κ3) is 25.3. The fourth-order valence-corrected chi connectivity index (χ4v) is 24.9. The monoisotopic (exact) mass is 1650 g/mol. The van der Waals surface area contributed by atoms with Crippen LogP contribution in [0.3, 0.4) is 0 Å². The maximum atomic E-state index is 5.83. The zero-order valence-corrected chi connectivity index (χ0v) is 72.8. The molecule has 3 aliphatic carbocycles. The first-order valence-electron chi connectivity index (χ1n) is 38.9. The molecule has 562 valence electrons. The molecule has 0 unspecified atom stereocenters. The van der Waals surface area contributed by atoms with E-state index in [1.807, 2.05) is 77.7 Å². The van der Waals surface area contributed by atoms with Gasteiger partial charge in [0.15, 0.2) is 0 Å². The molecular formula is C89H131Cl4N4OPRu2. The molecule has 5 nitrogen and oxygen atoms in total. The van der Waals surface area contributed by atoms with Gasteiger partial charge in [0.05, 0.1) is 17.0 Å². The van der Waals surface area contributed by atoms with Crippen LogP contribution >= 0.6 is 46.7 Å². The van der Waals surface area contributed by atoms with E-state index in [4.69, 9.17) is 38.8 Å². The maximum absolute atomic E-state index is 5.83. The molecule has 2 aliphatic heterocycles. The van der Waals surface area contributed by atoms with Gasteiger partial charge in [-0.2, -0.15) is 13.3 Å². The van der Waals surface area contributed by atoms with Gasteiger partial charge in [0.25, 0.3) is 0 Å². The predicted molar refractivity (Wildman–Crippen MR) is 449 cm³/mol. The molecular weight excluding hydrogens is 1520 g/mol. The topological polar surface area (TPSA) is 25.8 Å². The number of para-hydroxylation sites is 5. The number of nitrogens with zero attached hydrogens (tertiary/aromatic N) is 4. The van der Waals surface area contributed by atoms with Crippen LogP contribution in [-0.4, -0.2) is 63.2 Å². The van der Waals surface area contributed by atoms with Crippen molar-refractivity contribution in [2.75, 3.05) is 45.8 Å². The summed E-state index contributed by atoms with van der Waals surface area (Å²) in [6.07, 6.45) is 24.1. The molecule has 0 aromatic heterocycles. The summed E-state index contributed by atoms with van der Waals surface area (Å²) in [7, 11) is 22.9. The summed E-state index contributed by atoms with van der Waals surface area (Å²) in [4.78, 5) is 10.0. The van der Waals surface area contributed by atoms with Crippen molar-refractivity contribution in [2.24, 2.45) is 0 Å². The SMILES string of the molecule is C1CCC([PH+](C2CCCCC2)C2CCCCC2)CC1.CC(C)[OH+]c1ccccc1[CH]=[Ru]([Cl])[Cl].CC(C)c1cccc(C(C)C)c1N1[CH-]N(c2c(C(C)C)cccc2C(C)C)CC1.CC(C)c1cccc(C(C)C)c1N1[CH-]N(c2c(C(C)C)cccc2C(C)C)CC1.[Cl][Ru]([Cl])=[CH]c1ccccc1. The number of hydrogen-bond acceptors (Lipinski definition) is 4. The van der Waals surface area contributed by atoms with Crippen LogP contribution in [0.15, 0.2) is 127 Å². The molecule has 2 saturated heterocycles. The molecule has 12 heteroatoms. The van der Waals surface area contributed by atoms with Gasteiger partial charge in [-0.15, -0.1) is 0 Å². The Balaban J connectivity index is 0.000000186. The molecule has 5 aliphatic rings. The molecule has 0 bridgehead atoms. The van der Waals surface area contributed by atoms with Crippen molar-refractivity contribution in [2.45, 2.75) is 291 Å². The molecule has 0 atom stereocenters. The summed E-state index contributed by atoms with van der Waals surface area (Å²) in [5, 5.41) is 0. The van der Waals surface area contributed by atoms with Gasteiger partial charge in [0, 0.05) is 56.9 Å². The van der Waals surface area contributed by atoms with Gasteiger partial charge in [-0.25, -0.2) is 0 Å². The number of rotatable bonds is 19. The second-order valence-electron chi connectivity index (χ2n) is 31.7. The summed E-state index contributed by atoms with van der Waals surface area (Å²) in [5.74, 6) is 5.09. The molecule has 6 aromatic rings. The summed E-state index contributed by atoms with van der Waals surface area (Å²) in [6, 6.07) is 45.2. The van der Waals surface area contributed by atoms with E-state index < -0.39 is 27.0 Å². The van der Waals surface area contributed by atoms with E-state index in [0.29, 0.717) is 47.3 Å². The van der Waals surface area contributed by atoms with Crippen molar-refractivity contribution in [3.63, 3.8) is 0 Å². The predicted octanol–water partition coefficient (Wildman–Crippen LogP) is 27.6. The molecule has 6 aromatic carbocycles. The average molecular weight is 1650 g/mol. The van der Waals surface area contributed by atoms with E-state index in [1.54, 1.807) is 96.3 Å². The summed E-state index contributed by atoms with van der Waals surface area (Å²) in [6.45, 7) is 49.9. The van der Waals surface area contributed by atoms with Crippen molar-refractivity contribution in [1.29, 1.82) is 0 Å². The standard InChI is InChI=1S/2C27H39N2.C18H33P.C10H12O.C7H6.4ClH.2Ru/c2*1-18(2)22-11-9-12-23(19(3)4)26(22)28-15-16-29(17-28)27-24(20(5)6)13-10-14-25(27)21(7)8;1-4-10-16(11-5-1)19(17-12-6-2-7-13-17)18-14-8-3-9-15-18;1-8(2)11-10-7-5-4-6-9(10)3;1-7-5-3-2-4-6-7;;;;;;/h2*9-14,17-21H,15-16H2,1-8H3;16-18H,1-15H2;3-8H,1-2H3;1-6H;4*1H;;/q2*-1;;;;;;;;2*+2/p-2. The van der Waals surface area contributed by atoms with Gasteiger partial charge in [0.2, 0.25) is 0 Å². The second-order valence-corrected chi connectivity index (χ2v) is 46.6. The van der Waals surface area contributed by atoms with Crippen LogP contribution in [0.2, 0.25) is 0 Å². The van der Waals surface area contributed by atoms with E-state index in [2.05, 4.69) is 221 Å². The minimum absolute atomic E-state index is 0.0465. The summed E-state index contributed by atoms with van der Waals surface area (Å²) >= 11 is -3.37. The first kappa shape index (κ1) is 85.1.